The maximum Gasteiger partial charge on any atom is -0.00597 e. The number of benzene rings is 2. The van der Waals surface area contributed by atoms with Crippen LogP contribution in [0, 0.1) is 12.3 Å². The number of hydrogen-bond donors (Lipinski definition) is 0. The van der Waals surface area contributed by atoms with Crippen molar-refractivity contribution in [2.75, 3.05) is 0 Å². The fraction of sp³-hybridized carbons (Fsp3) is 0.263. The summed E-state index contributed by atoms with van der Waals surface area (Å²) in [5.41, 5.74) is 6.09. The Morgan fingerprint density at radius 1 is 0.947 bits per heavy atom. The third-order valence-electron chi connectivity index (χ3n) is 4.06. The molecular formula is C19H20. The summed E-state index contributed by atoms with van der Waals surface area (Å²) < 4.78 is 0. The van der Waals surface area contributed by atoms with E-state index in [1.54, 1.807) is 0 Å². The third kappa shape index (κ3) is 2.49. The molecule has 2 aromatic carbocycles. The molecule has 1 atom stereocenters. The molecule has 1 aliphatic carbocycles. The van der Waals surface area contributed by atoms with Crippen molar-refractivity contribution in [2.45, 2.75) is 26.7 Å². The average Bonchev–Trinajstić information content (AvgIpc) is 2.38. The van der Waals surface area contributed by atoms with Gasteiger partial charge in [0, 0.05) is 0 Å². The van der Waals surface area contributed by atoms with Gasteiger partial charge < -0.3 is 0 Å². The average molecular weight is 248 g/mol. The number of hydrogen-bond acceptors (Lipinski definition) is 0. The topological polar surface area (TPSA) is 0 Å². The Balaban J connectivity index is 1.79. The smallest absolute Gasteiger partial charge is 0.00597 e. The Morgan fingerprint density at radius 3 is 2.26 bits per heavy atom. The Kier molecular flexibility index (Phi) is 3.02. The summed E-state index contributed by atoms with van der Waals surface area (Å²) in [7, 11) is 0. The summed E-state index contributed by atoms with van der Waals surface area (Å²) in [4.78, 5) is 0. The predicted octanol–water partition coefficient (Wildman–Crippen LogP) is 5.03. The Hall–Kier alpha value is -1.82. The molecule has 0 bridgehead atoms. The van der Waals surface area contributed by atoms with Crippen LogP contribution in [0.2, 0.25) is 0 Å². The highest BCUT2D eigenvalue weighted by Crippen LogP contribution is 2.46. The lowest BCUT2D eigenvalue weighted by Gasteiger charge is -2.37. The van der Waals surface area contributed by atoms with E-state index in [0.717, 1.165) is 6.42 Å². The van der Waals surface area contributed by atoms with Gasteiger partial charge in [-0.05, 0) is 47.4 Å². The highest BCUT2D eigenvalue weighted by Gasteiger charge is 2.32. The van der Waals surface area contributed by atoms with Crippen molar-refractivity contribution in [2.24, 2.45) is 5.41 Å². The summed E-state index contributed by atoms with van der Waals surface area (Å²) in [5.74, 6) is 0. The van der Waals surface area contributed by atoms with E-state index >= 15 is 0 Å². The van der Waals surface area contributed by atoms with Crippen molar-refractivity contribution < 1.29 is 0 Å². The zero-order chi connectivity index (χ0) is 13.3. The minimum Gasteiger partial charge on any atom is -0.0741 e. The summed E-state index contributed by atoms with van der Waals surface area (Å²) in [6.45, 7) is 4.56. The molecule has 0 spiro atoms. The van der Waals surface area contributed by atoms with Crippen molar-refractivity contribution in [1.29, 1.82) is 0 Å². The zero-order valence-corrected chi connectivity index (χ0v) is 11.7. The van der Waals surface area contributed by atoms with E-state index in [9.17, 15) is 0 Å². The maximum absolute atomic E-state index is 2.46. The van der Waals surface area contributed by atoms with Gasteiger partial charge >= 0.3 is 0 Å². The molecule has 0 N–H and O–H groups in total. The van der Waals surface area contributed by atoms with E-state index in [-0.39, 0.29) is 0 Å². The largest absolute Gasteiger partial charge is 0.0741 e. The standard InChI is InChI=1S/C19H20/c1-15-8-6-7-11-18(15)17-13-19(2,14-17)12-16-9-4-3-5-10-16/h3-11,13H,12,14H2,1-2H3. The molecule has 0 saturated heterocycles. The van der Waals surface area contributed by atoms with E-state index in [0.29, 0.717) is 5.41 Å². The molecule has 3 rings (SSSR count). The minimum absolute atomic E-state index is 0.332. The van der Waals surface area contributed by atoms with Gasteiger partial charge in [0.05, 0.1) is 0 Å². The fourth-order valence-electron chi connectivity index (χ4n) is 3.11. The first-order valence-corrected chi connectivity index (χ1v) is 6.98. The van der Waals surface area contributed by atoms with Crippen LogP contribution in [0.5, 0.6) is 0 Å². The summed E-state index contributed by atoms with van der Waals surface area (Å²) >= 11 is 0. The van der Waals surface area contributed by atoms with Crippen molar-refractivity contribution in [1.82, 2.24) is 0 Å². The Bertz CT molecular complexity index is 607. The lowest BCUT2D eigenvalue weighted by molar-refractivity contribution is 0.403. The van der Waals surface area contributed by atoms with Crippen LogP contribution in [-0.4, -0.2) is 0 Å². The molecule has 1 aliphatic rings. The molecule has 0 aromatic heterocycles. The van der Waals surface area contributed by atoms with Crippen LogP contribution in [0.25, 0.3) is 5.57 Å². The van der Waals surface area contributed by atoms with Gasteiger partial charge in [-0.2, -0.15) is 0 Å². The lowest BCUT2D eigenvalue weighted by Crippen LogP contribution is -2.25. The molecule has 2 aromatic rings. The molecule has 0 radical (unpaired) electrons. The fourth-order valence-corrected chi connectivity index (χ4v) is 3.11. The molecule has 1 unspecified atom stereocenters. The first kappa shape index (κ1) is 12.2. The van der Waals surface area contributed by atoms with Crippen LogP contribution in [-0.2, 0) is 6.42 Å². The molecule has 0 nitrogen and oxygen atoms in total. The van der Waals surface area contributed by atoms with E-state index in [1.165, 1.54) is 28.7 Å². The monoisotopic (exact) mass is 248 g/mol. The van der Waals surface area contributed by atoms with Gasteiger partial charge in [-0.15, -0.1) is 0 Å². The lowest BCUT2D eigenvalue weighted by atomic mass is 9.67. The molecule has 0 heteroatoms. The van der Waals surface area contributed by atoms with Crippen LogP contribution in [0.15, 0.2) is 60.7 Å². The van der Waals surface area contributed by atoms with Gasteiger partial charge in [0.15, 0.2) is 0 Å². The predicted molar refractivity (Wildman–Crippen MR) is 82.0 cm³/mol. The highest BCUT2D eigenvalue weighted by molar-refractivity contribution is 5.74. The second kappa shape index (κ2) is 4.70. The van der Waals surface area contributed by atoms with E-state index in [1.807, 2.05) is 0 Å². The first-order valence-electron chi connectivity index (χ1n) is 6.98. The van der Waals surface area contributed by atoms with E-state index in [2.05, 4.69) is 74.5 Å². The van der Waals surface area contributed by atoms with Crippen molar-refractivity contribution in [3.8, 4) is 0 Å². The second-order valence-electron chi connectivity index (χ2n) is 5.98. The van der Waals surface area contributed by atoms with Crippen LogP contribution < -0.4 is 0 Å². The zero-order valence-electron chi connectivity index (χ0n) is 11.7. The molecule has 0 saturated carbocycles. The van der Waals surface area contributed by atoms with Crippen molar-refractivity contribution in [3.63, 3.8) is 0 Å². The number of aryl methyl sites for hydroxylation is 1. The van der Waals surface area contributed by atoms with E-state index < -0.39 is 0 Å². The van der Waals surface area contributed by atoms with E-state index in [4.69, 9.17) is 0 Å². The summed E-state index contributed by atoms with van der Waals surface area (Å²) in [5, 5.41) is 0. The normalized spacial score (nSPS) is 21.7. The van der Waals surface area contributed by atoms with Gasteiger partial charge in [0.25, 0.3) is 0 Å². The molecule has 96 valence electrons. The first-order chi connectivity index (χ1) is 9.16. The number of rotatable bonds is 3. The van der Waals surface area contributed by atoms with Crippen molar-refractivity contribution in [3.05, 3.63) is 77.4 Å². The molecule has 0 fully saturated rings. The van der Waals surface area contributed by atoms with Crippen LogP contribution >= 0.6 is 0 Å². The SMILES string of the molecule is Cc1ccccc1C1=CC(C)(Cc2ccccc2)C1. The van der Waals surface area contributed by atoms with Crippen LogP contribution in [0.3, 0.4) is 0 Å². The van der Waals surface area contributed by atoms with Crippen molar-refractivity contribution >= 4 is 5.57 Å². The quantitative estimate of drug-likeness (QED) is 0.714. The molecular weight excluding hydrogens is 228 g/mol. The van der Waals surface area contributed by atoms with Gasteiger partial charge in [0.2, 0.25) is 0 Å². The molecule has 0 heterocycles. The second-order valence-corrected chi connectivity index (χ2v) is 5.98. The van der Waals surface area contributed by atoms with Crippen LogP contribution in [0.4, 0.5) is 0 Å². The maximum atomic E-state index is 2.46. The molecule has 0 aliphatic heterocycles. The Morgan fingerprint density at radius 2 is 1.58 bits per heavy atom. The third-order valence-corrected chi connectivity index (χ3v) is 4.06. The summed E-state index contributed by atoms with van der Waals surface area (Å²) in [6.07, 6.45) is 4.79. The van der Waals surface area contributed by atoms with Gasteiger partial charge in [-0.25, -0.2) is 0 Å². The Labute approximate surface area is 115 Å². The highest BCUT2D eigenvalue weighted by atomic mass is 14.4. The minimum atomic E-state index is 0.332. The number of allylic oxidation sites excluding steroid dienone is 2. The van der Waals surface area contributed by atoms with Gasteiger partial charge in [0.1, 0.15) is 0 Å². The van der Waals surface area contributed by atoms with Gasteiger partial charge in [-0.3, -0.25) is 0 Å². The molecule has 19 heavy (non-hydrogen) atoms. The molecule has 0 amide bonds. The van der Waals surface area contributed by atoms with Crippen LogP contribution in [0.1, 0.15) is 30.0 Å². The summed E-state index contributed by atoms with van der Waals surface area (Å²) in [6, 6.07) is 19.5. The van der Waals surface area contributed by atoms with Gasteiger partial charge in [-0.1, -0.05) is 67.6 Å².